The molecule has 0 saturated heterocycles. The third-order valence-corrected chi connectivity index (χ3v) is 3.24. The maximum absolute atomic E-state index is 11.0. The van der Waals surface area contributed by atoms with Gasteiger partial charge in [-0.1, -0.05) is 6.07 Å². The Morgan fingerprint density at radius 3 is 3.06 bits per heavy atom. The highest BCUT2D eigenvalue weighted by molar-refractivity contribution is 5.89. The van der Waals surface area contributed by atoms with Gasteiger partial charge in [0, 0.05) is 32.0 Å². The zero-order valence-electron chi connectivity index (χ0n) is 10.7. The van der Waals surface area contributed by atoms with Crippen LogP contribution in [0.3, 0.4) is 0 Å². The van der Waals surface area contributed by atoms with Gasteiger partial charge in [-0.15, -0.1) is 0 Å². The van der Waals surface area contributed by atoms with E-state index < -0.39 is 5.97 Å². The average molecular weight is 249 g/mol. The summed E-state index contributed by atoms with van der Waals surface area (Å²) in [5, 5.41) is 9.01. The first-order chi connectivity index (χ1) is 8.72. The second-order valence-electron chi connectivity index (χ2n) is 4.44. The monoisotopic (exact) mass is 249 g/mol. The van der Waals surface area contributed by atoms with E-state index in [0.29, 0.717) is 5.56 Å². The molecule has 0 atom stereocenters. The van der Waals surface area contributed by atoms with Gasteiger partial charge in [-0.3, -0.25) is 0 Å². The molecule has 1 aromatic carbocycles. The normalized spacial score (nSPS) is 13.7. The average Bonchev–Trinajstić information content (AvgIpc) is 2.77. The molecule has 0 spiro atoms. The molecule has 0 aliphatic carbocycles. The van der Waals surface area contributed by atoms with Gasteiger partial charge in [-0.25, -0.2) is 4.79 Å². The Balaban J connectivity index is 2.02. The van der Waals surface area contributed by atoms with E-state index in [1.54, 1.807) is 12.1 Å². The lowest BCUT2D eigenvalue weighted by Gasteiger charge is -2.19. The van der Waals surface area contributed by atoms with E-state index in [-0.39, 0.29) is 0 Å². The van der Waals surface area contributed by atoms with Crippen LogP contribution in [-0.4, -0.2) is 37.4 Å². The van der Waals surface area contributed by atoms with E-state index in [0.717, 1.165) is 44.8 Å². The number of rotatable bonds is 6. The molecular weight excluding hydrogens is 230 g/mol. The standard InChI is InChI=1S/C14H19NO3/c1-2-18-9-3-7-15-8-6-11-4-5-12(14(16)17)10-13(11)15/h4-5,10H,2-3,6-9H2,1H3,(H,16,17). The van der Waals surface area contributed by atoms with Crippen molar-refractivity contribution in [1.29, 1.82) is 0 Å². The van der Waals surface area contributed by atoms with Gasteiger partial charge >= 0.3 is 5.97 Å². The first-order valence-corrected chi connectivity index (χ1v) is 6.41. The molecule has 0 fully saturated rings. The van der Waals surface area contributed by atoms with Crippen molar-refractivity contribution < 1.29 is 14.6 Å². The number of hydrogen-bond acceptors (Lipinski definition) is 3. The van der Waals surface area contributed by atoms with Crippen LogP contribution in [0.5, 0.6) is 0 Å². The summed E-state index contributed by atoms with van der Waals surface area (Å²) in [5.74, 6) is -0.862. The number of ether oxygens (including phenoxy) is 1. The quantitative estimate of drug-likeness (QED) is 0.785. The lowest BCUT2D eigenvalue weighted by Crippen LogP contribution is -2.23. The first-order valence-electron chi connectivity index (χ1n) is 6.41. The van der Waals surface area contributed by atoms with Gasteiger partial charge in [0.2, 0.25) is 0 Å². The Hall–Kier alpha value is -1.55. The van der Waals surface area contributed by atoms with Crippen LogP contribution in [0.1, 0.15) is 29.3 Å². The highest BCUT2D eigenvalue weighted by atomic mass is 16.5. The summed E-state index contributed by atoms with van der Waals surface area (Å²) in [7, 11) is 0. The van der Waals surface area contributed by atoms with Gasteiger partial charge in [-0.05, 0) is 37.5 Å². The summed E-state index contributed by atoms with van der Waals surface area (Å²) in [6.45, 7) is 5.41. The van der Waals surface area contributed by atoms with E-state index in [1.807, 2.05) is 13.0 Å². The smallest absolute Gasteiger partial charge is 0.335 e. The molecule has 2 rings (SSSR count). The number of carboxylic acid groups (broad SMARTS) is 1. The van der Waals surface area contributed by atoms with E-state index in [9.17, 15) is 4.79 Å². The third kappa shape index (κ3) is 2.82. The predicted molar refractivity (Wildman–Crippen MR) is 70.4 cm³/mol. The molecule has 18 heavy (non-hydrogen) atoms. The number of nitrogens with zero attached hydrogens (tertiary/aromatic N) is 1. The Morgan fingerprint density at radius 2 is 2.33 bits per heavy atom. The van der Waals surface area contributed by atoms with Gasteiger partial charge in [0.1, 0.15) is 0 Å². The number of fused-ring (bicyclic) bond motifs is 1. The molecule has 1 N–H and O–H groups in total. The van der Waals surface area contributed by atoms with Crippen molar-refractivity contribution in [1.82, 2.24) is 0 Å². The Kier molecular flexibility index (Phi) is 4.20. The summed E-state index contributed by atoms with van der Waals surface area (Å²) in [6.07, 6.45) is 1.98. The van der Waals surface area contributed by atoms with Crippen molar-refractivity contribution in [3.63, 3.8) is 0 Å². The zero-order valence-corrected chi connectivity index (χ0v) is 10.7. The second-order valence-corrected chi connectivity index (χ2v) is 4.44. The van der Waals surface area contributed by atoms with Crippen LogP contribution in [0.2, 0.25) is 0 Å². The molecule has 0 radical (unpaired) electrons. The topological polar surface area (TPSA) is 49.8 Å². The third-order valence-electron chi connectivity index (χ3n) is 3.24. The zero-order chi connectivity index (χ0) is 13.0. The van der Waals surface area contributed by atoms with E-state index >= 15 is 0 Å². The SMILES string of the molecule is CCOCCCN1CCc2ccc(C(=O)O)cc21. The van der Waals surface area contributed by atoms with Gasteiger partial charge in [0.25, 0.3) is 0 Å². The number of anilines is 1. The molecule has 1 heterocycles. The molecular formula is C14H19NO3. The second kappa shape index (κ2) is 5.87. The van der Waals surface area contributed by atoms with Crippen LogP contribution in [0.4, 0.5) is 5.69 Å². The number of hydrogen-bond donors (Lipinski definition) is 1. The van der Waals surface area contributed by atoms with Crippen LogP contribution in [0.15, 0.2) is 18.2 Å². The number of aromatic carboxylic acids is 1. The fourth-order valence-electron chi connectivity index (χ4n) is 2.31. The lowest BCUT2D eigenvalue weighted by atomic mass is 10.1. The first kappa shape index (κ1) is 12.9. The number of carbonyl (C=O) groups is 1. The van der Waals surface area contributed by atoms with Gasteiger partial charge in [-0.2, -0.15) is 0 Å². The Labute approximate surface area is 107 Å². The summed E-state index contributed by atoms with van der Waals surface area (Å²) in [4.78, 5) is 13.2. The fourth-order valence-corrected chi connectivity index (χ4v) is 2.31. The van der Waals surface area contributed by atoms with E-state index in [1.165, 1.54) is 5.56 Å². The highest BCUT2D eigenvalue weighted by Gasteiger charge is 2.19. The maximum atomic E-state index is 11.0. The van der Waals surface area contributed by atoms with Gasteiger partial charge < -0.3 is 14.7 Å². The van der Waals surface area contributed by atoms with Crippen molar-refractivity contribution in [3.05, 3.63) is 29.3 Å². The highest BCUT2D eigenvalue weighted by Crippen LogP contribution is 2.29. The lowest BCUT2D eigenvalue weighted by molar-refractivity contribution is 0.0697. The van der Waals surface area contributed by atoms with Crippen LogP contribution in [-0.2, 0) is 11.2 Å². The molecule has 0 saturated carbocycles. The molecule has 1 aromatic rings. The Bertz CT molecular complexity index is 431. The summed E-state index contributed by atoms with van der Waals surface area (Å²) in [5.41, 5.74) is 2.69. The van der Waals surface area contributed by atoms with Crippen LogP contribution in [0, 0.1) is 0 Å². The van der Waals surface area contributed by atoms with Crippen molar-refractivity contribution in [2.24, 2.45) is 0 Å². The largest absolute Gasteiger partial charge is 0.478 e. The molecule has 4 heteroatoms. The van der Waals surface area contributed by atoms with Crippen molar-refractivity contribution in [2.75, 3.05) is 31.2 Å². The van der Waals surface area contributed by atoms with Crippen LogP contribution < -0.4 is 4.90 Å². The van der Waals surface area contributed by atoms with Crippen LogP contribution >= 0.6 is 0 Å². The summed E-state index contributed by atoms with van der Waals surface area (Å²) in [6, 6.07) is 5.40. The summed E-state index contributed by atoms with van der Waals surface area (Å²) < 4.78 is 5.32. The maximum Gasteiger partial charge on any atom is 0.335 e. The molecule has 98 valence electrons. The Morgan fingerprint density at radius 1 is 1.50 bits per heavy atom. The molecule has 0 amide bonds. The number of carboxylic acids is 1. The van der Waals surface area contributed by atoms with Crippen LogP contribution in [0.25, 0.3) is 0 Å². The van der Waals surface area contributed by atoms with Crippen molar-refractivity contribution in [2.45, 2.75) is 19.8 Å². The van der Waals surface area contributed by atoms with Gasteiger partial charge in [0.15, 0.2) is 0 Å². The molecule has 1 aliphatic rings. The minimum absolute atomic E-state index is 0.366. The summed E-state index contributed by atoms with van der Waals surface area (Å²) >= 11 is 0. The fraction of sp³-hybridized carbons (Fsp3) is 0.500. The molecule has 0 unspecified atom stereocenters. The van der Waals surface area contributed by atoms with Crippen molar-refractivity contribution >= 4 is 11.7 Å². The van der Waals surface area contributed by atoms with Gasteiger partial charge in [0.05, 0.1) is 5.56 Å². The minimum atomic E-state index is -0.862. The predicted octanol–water partition coefficient (Wildman–Crippen LogP) is 2.17. The molecule has 0 bridgehead atoms. The van der Waals surface area contributed by atoms with Crippen molar-refractivity contribution in [3.8, 4) is 0 Å². The molecule has 1 aliphatic heterocycles. The van der Waals surface area contributed by atoms with E-state index in [2.05, 4.69) is 4.90 Å². The number of benzene rings is 1. The minimum Gasteiger partial charge on any atom is -0.478 e. The molecule has 0 aromatic heterocycles. The van der Waals surface area contributed by atoms with E-state index in [4.69, 9.17) is 9.84 Å². The molecule has 4 nitrogen and oxygen atoms in total.